The van der Waals surface area contributed by atoms with Gasteiger partial charge in [-0.25, -0.2) is 0 Å². The summed E-state index contributed by atoms with van der Waals surface area (Å²) in [6.45, 7) is 1.98. The van der Waals surface area contributed by atoms with Crippen LogP contribution in [0.4, 0.5) is 0 Å². The van der Waals surface area contributed by atoms with Gasteiger partial charge in [-0.3, -0.25) is 4.79 Å². The van der Waals surface area contributed by atoms with Crippen LogP contribution in [0.1, 0.15) is 15.9 Å². The third kappa shape index (κ3) is 2.91. The van der Waals surface area contributed by atoms with Crippen molar-refractivity contribution in [2.45, 2.75) is 6.92 Å². The highest BCUT2D eigenvalue weighted by molar-refractivity contribution is 5.78. The van der Waals surface area contributed by atoms with Gasteiger partial charge in [0.2, 0.25) is 5.75 Å². The van der Waals surface area contributed by atoms with Gasteiger partial charge in [-0.15, -0.1) is 0 Å². The normalized spacial score (nSPS) is 9.95. The fraction of sp³-hybridized carbons (Fsp3) is 0.188. The number of hydrogen-bond acceptors (Lipinski definition) is 4. The fourth-order valence-corrected chi connectivity index (χ4v) is 1.90. The molecule has 2 aromatic rings. The number of aldehydes is 1. The van der Waals surface area contributed by atoms with Gasteiger partial charge in [0, 0.05) is 5.56 Å². The smallest absolute Gasteiger partial charge is 0.203 e. The third-order valence-corrected chi connectivity index (χ3v) is 2.82. The summed E-state index contributed by atoms with van der Waals surface area (Å²) in [5, 5.41) is 0. The monoisotopic (exact) mass is 272 g/mol. The third-order valence-electron chi connectivity index (χ3n) is 2.82. The van der Waals surface area contributed by atoms with Gasteiger partial charge in [0.1, 0.15) is 12.0 Å². The molecule has 0 bridgehead atoms. The molecule has 20 heavy (non-hydrogen) atoms. The van der Waals surface area contributed by atoms with Gasteiger partial charge in [-0.05, 0) is 36.8 Å². The second-order valence-electron chi connectivity index (χ2n) is 4.29. The van der Waals surface area contributed by atoms with E-state index in [-0.39, 0.29) is 0 Å². The van der Waals surface area contributed by atoms with E-state index >= 15 is 0 Å². The van der Waals surface area contributed by atoms with Crippen molar-refractivity contribution in [1.82, 2.24) is 0 Å². The average molecular weight is 272 g/mol. The summed E-state index contributed by atoms with van der Waals surface area (Å²) >= 11 is 0. The predicted molar refractivity (Wildman–Crippen MR) is 76.2 cm³/mol. The first kappa shape index (κ1) is 13.9. The topological polar surface area (TPSA) is 44.8 Å². The van der Waals surface area contributed by atoms with Gasteiger partial charge in [0.05, 0.1) is 14.2 Å². The highest BCUT2D eigenvalue weighted by Gasteiger charge is 2.14. The molecule has 4 heteroatoms. The zero-order chi connectivity index (χ0) is 14.5. The van der Waals surface area contributed by atoms with E-state index in [1.54, 1.807) is 12.1 Å². The van der Waals surface area contributed by atoms with E-state index in [1.165, 1.54) is 14.2 Å². The molecule has 0 unspecified atom stereocenters. The number of carbonyl (C=O) groups excluding carboxylic acids is 1. The van der Waals surface area contributed by atoms with Crippen molar-refractivity contribution in [3.63, 3.8) is 0 Å². The molecule has 0 amide bonds. The highest BCUT2D eigenvalue weighted by atomic mass is 16.5. The second-order valence-corrected chi connectivity index (χ2v) is 4.29. The van der Waals surface area contributed by atoms with E-state index in [0.29, 0.717) is 28.6 Å². The summed E-state index contributed by atoms with van der Waals surface area (Å²) < 4.78 is 16.3. The minimum Gasteiger partial charge on any atom is -0.493 e. The van der Waals surface area contributed by atoms with Crippen LogP contribution in [0.5, 0.6) is 23.0 Å². The Morgan fingerprint density at radius 3 is 2.35 bits per heavy atom. The molecular weight excluding hydrogens is 256 g/mol. The predicted octanol–water partition coefficient (Wildman–Crippen LogP) is 3.62. The molecule has 0 aliphatic carbocycles. The van der Waals surface area contributed by atoms with Crippen LogP contribution in [0.15, 0.2) is 36.4 Å². The standard InChI is InChI=1S/C16H16O4/c1-11-5-4-6-13(7-11)20-15-9-12(10-17)8-14(18-2)16(15)19-3/h4-10H,1-3H3. The number of rotatable bonds is 5. The molecule has 2 rings (SSSR count). The van der Waals surface area contributed by atoms with E-state index in [0.717, 1.165) is 11.8 Å². The van der Waals surface area contributed by atoms with Gasteiger partial charge in [-0.2, -0.15) is 0 Å². The largest absolute Gasteiger partial charge is 0.493 e. The minimum atomic E-state index is 0.444. The lowest BCUT2D eigenvalue weighted by molar-refractivity contribution is 0.112. The number of carbonyl (C=O) groups is 1. The van der Waals surface area contributed by atoms with Crippen LogP contribution in [0.3, 0.4) is 0 Å². The van der Waals surface area contributed by atoms with E-state index in [4.69, 9.17) is 14.2 Å². The quantitative estimate of drug-likeness (QED) is 0.780. The number of benzene rings is 2. The van der Waals surface area contributed by atoms with Crippen molar-refractivity contribution in [1.29, 1.82) is 0 Å². The Morgan fingerprint density at radius 2 is 1.75 bits per heavy atom. The van der Waals surface area contributed by atoms with Gasteiger partial charge >= 0.3 is 0 Å². The molecular formula is C16H16O4. The fourth-order valence-electron chi connectivity index (χ4n) is 1.90. The van der Waals surface area contributed by atoms with Crippen molar-refractivity contribution < 1.29 is 19.0 Å². The van der Waals surface area contributed by atoms with Crippen molar-refractivity contribution in [3.8, 4) is 23.0 Å². The Balaban J connectivity index is 2.46. The molecule has 0 fully saturated rings. The molecule has 0 spiro atoms. The van der Waals surface area contributed by atoms with Gasteiger partial charge < -0.3 is 14.2 Å². The number of aryl methyl sites for hydroxylation is 1. The zero-order valence-corrected chi connectivity index (χ0v) is 11.7. The summed E-state index contributed by atoms with van der Waals surface area (Å²) in [7, 11) is 3.05. The molecule has 0 atom stereocenters. The minimum absolute atomic E-state index is 0.444. The van der Waals surface area contributed by atoms with Crippen molar-refractivity contribution in [3.05, 3.63) is 47.5 Å². The Hall–Kier alpha value is -2.49. The van der Waals surface area contributed by atoms with Crippen LogP contribution in [0, 0.1) is 6.92 Å². The van der Waals surface area contributed by atoms with Crippen molar-refractivity contribution >= 4 is 6.29 Å². The van der Waals surface area contributed by atoms with E-state index in [1.807, 2.05) is 31.2 Å². The summed E-state index contributed by atoms with van der Waals surface area (Å²) in [5.41, 5.74) is 1.55. The molecule has 2 aromatic carbocycles. The lowest BCUT2D eigenvalue weighted by atomic mass is 10.2. The van der Waals surface area contributed by atoms with Gasteiger partial charge in [-0.1, -0.05) is 12.1 Å². The lowest BCUT2D eigenvalue weighted by Crippen LogP contribution is -1.96. The highest BCUT2D eigenvalue weighted by Crippen LogP contribution is 2.40. The van der Waals surface area contributed by atoms with Crippen molar-refractivity contribution in [2.24, 2.45) is 0 Å². The summed E-state index contributed by atoms with van der Waals surface area (Å²) in [5.74, 6) is 2.03. The molecule has 0 saturated carbocycles. The Labute approximate surface area is 117 Å². The molecule has 104 valence electrons. The van der Waals surface area contributed by atoms with E-state index < -0.39 is 0 Å². The Kier molecular flexibility index (Phi) is 4.25. The van der Waals surface area contributed by atoms with Crippen LogP contribution in [-0.4, -0.2) is 20.5 Å². The summed E-state index contributed by atoms with van der Waals surface area (Å²) in [6, 6.07) is 10.8. The van der Waals surface area contributed by atoms with E-state index in [2.05, 4.69) is 0 Å². The molecule has 0 aliphatic rings. The average Bonchev–Trinajstić information content (AvgIpc) is 2.46. The van der Waals surface area contributed by atoms with Gasteiger partial charge in [0.15, 0.2) is 11.5 Å². The first-order valence-electron chi connectivity index (χ1n) is 6.13. The molecule has 0 aliphatic heterocycles. The lowest BCUT2D eigenvalue weighted by Gasteiger charge is -2.14. The van der Waals surface area contributed by atoms with Crippen molar-refractivity contribution in [2.75, 3.05) is 14.2 Å². The van der Waals surface area contributed by atoms with Crippen LogP contribution < -0.4 is 14.2 Å². The maximum atomic E-state index is 11.0. The molecule has 0 aromatic heterocycles. The SMILES string of the molecule is COc1cc(C=O)cc(Oc2cccc(C)c2)c1OC. The number of ether oxygens (including phenoxy) is 3. The van der Waals surface area contributed by atoms with E-state index in [9.17, 15) is 4.79 Å². The first-order valence-corrected chi connectivity index (χ1v) is 6.13. The Bertz CT molecular complexity index is 620. The maximum Gasteiger partial charge on any atom is 0.203 e. The second kappa shape index (κ2) is 6.10. The number of hydrogen-bond donors (Lipinski definition) is 0. The van der Waals surface area contributed by atoms with Gasteiger partial charge in [0.25, 0.3) is 0 Å². The van der Waals surface area contributed by atoms with Crippen LogP contribution in [0.25, 0.3) is 0 Å². The molecule has 0 radical (unpaired) electrons. The van der Waals surface area contributed by atoms with Crippen LogP contribution in [-0.2, 0) is 0 Å². The first-order chi connectivity index (χ1) is 9.67. The molecule has 0 heterocycles. The number of methoxy groups -OCH3 is 2. The molecule has 0 saturated heterocycles. The summed E-state index contributed by atoms with van der Waals surface area (Å²) in [4.78, 5) is 11.0. The van der Waals surface area contributed by atoms with Crippen LogP contribution >= 0.6 is 0 Å². The maximum absolute atomic E-state index is 11.0. The molecule has 4 nitrogen and oxygen atoms in total. The Morgan fingerprint density at radius 1 is 1.00 bits per heavy atom. The van der Waals surface area contributed by atoms with Crippen LogP contribution in [0.2, 0.25) is 0 Å². The summed E-state index contributed by atoms with van der Waals surface area (Å²) in [6.07, 6.45) is 0.741. The zero-order valence-electron chi connectivity index (χ0n) is 11.7. The molecule has 0 N–H and O–H groups in total.